The van der Waals surface area contributed by atoms with Crippen LogP contribution in [0.5, 0.6) is 0 Å². The number of halogens is 1. The van der Waals surface area contributed by atoms with Crippen molar-refractivity contribution in [3.63, 3.8) is 0 Å². The van der Waals surface area contributed by atoms with Crippen molar-refractivity contribution in [1.82, 2.24) is 35.0 Å². The number of amides is 4. The first-order valence-corrected chi connectivity index (χ1v) is 16.2. The average molecular weight is 664 g/mol. The monoisotopic (exact) mass is 663 g/mol. The van der Waals surface area contributed by atoms with E-state index >= 15 is 0 Å². The summed E-state index contributed by atoms with van der Waals surface area (Å²) in [5.41, 5.74) is 6.11. The number of pyridine rings is 1. The van der Waals surface area contributed by atoms with Gasteiger partial charge in [-0.05, 0) is 91.6 Å². The lowest BCUT2D eigenvalue weighted by Crippen LogP contribution is -2.51. The van der Waals surface area contributed by atoms with Gasteiger partial charge in [-0.1, -0.05) is 23.7 Å². The van der Waals surface area contributed by atoms with Gasteiger partial charge in [-0.25, -0.2) is 14.6 Å². The van der Waals surface area contributed by atoms with Crippen LogP contribution in [0.15, 0.2) is 73.3 Å². The molecular weight excluding hydrogens is 626 g/mol. The Balaban J connectivity index is 1.34. The van der Waals surface area contributed by atoms with Crippen LogP contribution in [0.25, 0.3) is 11.6 Å². The Morgan fingerprint density at radius 1 is 1.06 bits per heavy atom. The molecule has 2 aromatic heterocycles. The number of nitriles is 1. The highest BCUT2D eigenvalue weighted by Crippen LogP contribution is 2.44. The first kappa shape index (κ1) is 32.7. The first-order valence-electron chi connectivity index (χ1n) is 15.8. The van der Waals surface area contributed by atoms with Gasteiger partial charge in [-0.15, -0.1) is 0 Å². The van der Waals surface area contributed by atoms with Gasteiger partial charge in [0.15, 0.2) is 0 Å². The minimum Gasteiger partial charge on any atom is -0.336 e. The number of anilines is 1. The molecular formula is C36H38ClN9O2. The van der Waals surface area contributed by atoms with Gasteiger partial charge < -0.3 is 25.4 Å². The van der Waals surface area contributed by atoms with Crippen molar-refractivity contribution in [3.05, 3.63) is 112 Å². The van der Waals surface area contributed by atoms with Crippen LogP contribution < -0.4 is 16.0 Å². The van der Waals surface area contributed by atoms with Crippen LogP contribution >= 0.6 is 11.6 Å². The molecule has 0 spiro atoms. The van der Waals surface area contributed by atoms with Crippen LogP contribution in [-0.2, 0) is 7.05 Å². The van der Waals surface area contributed by atoms with Gasteiger partial charge in [0.1, 0.15) is 0 Å². The molecule has 12 heteroatoms. The maximum atomic E-state index is 13.4. The van der Waals surface area contributed by atoms with Crippen LogP contribution in [-0.4, -0.2) is 68.1 Å². The molecule has 6 rings (SSSR count). The van der Waals surface area contributed by atoms with Gasteiger partial charge in [-0.3, -0.25) is 9.88 Å². The van der Waals surface area contributed by atoms with Gasteiger partial charge in [-0.2, -0.15) is 5.26 Å². The SMILES string of the molecule is Cn1cncc1C(NC(=O)NC(C)(C)C)C1=Cc2cccnc2[C@@H](N2CCN(C(=O)Nc3ccc(C#N)cc3)CC2)c2ccc(Cl)cc21. The Morgan fingerprint density at radius 3 is 2.48 bits per heavy atom. The number of carbonyl (C=O) groups is 2. The highest BCUT2D eigenvalue weighted by molar-refractivity contribution is 6.30. The van der Waals surface area contributed by atoms with Gasteiger partial charge in [0.2, 0.25) is 0 Å². The van der Waals surface area contributed by atoms with E-state index in [0.29, 0.717) is 42.5 Å². The summed E-state index contributed by atoms with van der Waals surface area (Å²) in [6.45, 7) is 8.05. The Labute approximate surface area is 285 Å². The maximum Gasteiger partial charge on any atom is 0.321 e. The molecule has 1 unspecified atom stereocenters. The van der Waals surface area contributed by atoms with E-state index in [2.05, 4.69) is 38.0 Å². The summed E-state index contributed by atoms with van der Waals surface area (Å²) in [5.74, 6) is 0. The fraction of sp³-hybridized carbons (Fsp3) is 0.306. The number of aromatic nitrogens is 3. The minimum atomic E-state index is -0.563. The van der Waals surface area contributed by atoms with Crippen LogP contribution in [0.3, 0.4) is 0 Å². The Bertz CT molecular complexity index is 1900. The minimum absolute atomic E-state index is 0.187. The van der Waals surface area contributed by atoms with Crippen LogP contribution in [0.1, 0.15) is 66.5 Å². The summed E-state index contributed by atoms with van der Waals surface area (Å²) in [6.07, 6.45) is 7.38. The molecule has 3 N–H and O–H groups in total. The lowest BCUT2D eigenvalue weighted by Gasteiger charge is -2.40. The zero-order chi connectivity index (χ0) is 34.0. The topological polar surface area (TPSA) is 131 Å². The standard InChI is InChI=1S/C36H38ClN9O2/c1-36(2,3)43-34(47)42-32(30-21-39-22-44(30)4)29-18-24-6-5-13-40-31(24)33(27-12-9-25(37)19-28(27)29)45-14-16-46(17-15-45)35(48)41-26-10-7-23(20-38)8-11-26/h5-13,18-19,21-22,32-33H,14-17H2,1-4H3,(H,41,48)(H2,42,43,47)/t32?,33-/m0/s1. The number of rotatable bonds is 5. The third-order valence-corrected chi connectivity index (χ3v) is 8.75. The van der Waals surface area contributed by atoms with Crippen molar-refractivity contribution in [3.8, 4) is 6.07 Å². The van der Waals surface area contributed by atoms with E-state index in [1.165, 1.54) is 0 Å². The van der Waals surface area contributed by atoms with E-state index in [1.54, 1.807) is 47.9 Å². The van der Waals surface area contributed by atoms with Gasteiger partial charge >= 0.3 is 12.1 Å². The second kappa shape index (κ2) is 13.5. The molecule has 0 saturated carbocycles. The molecule has 2 atom stereocenters. The lowest BCUT2D eigenvalue weighted by atomic mass is 9.90. The number of aryl methyl sites for hydroxylation is 1. The summed E-state index contributed by atoms with van der Waals surface area (Å²) in [4.78, 5) is 40.0. The molecule has 4 aromatic rings. The zero-order valence-corrected chi connectivity index (χ0v) is 28.1. The highest BCUT2D eigenvalue weighted by atomic mass is 35.5. The van der Waals surface area contributed by atoms with Crippen LogP contribution in [0.2, 0.25) is 5.02 Å². The van der Waals surface area contributed by atoms with E-state index in [4.69, 9.17) is 21.8 Å². The quantitative estimate of drug-likeness (QED) is 0.241. The van der Waals surface area contributed by atoms with Crippen molar-refractivity contribution in [2.45, 2.75) is 38.4 Å². The molecule has 48 heavy (non-hydrogen) atoms. The number of hydrogen-bond acceptors (Lipinski definition) is 6. The number of nitrogens with one attached hydrogen (secondary N) is 3. The molecule has 11 nitrogen and oxygen atoms in total. The number of imidazole rings is 1. The fourth-order valence-electron chi connectivity index (χ4n) is 6.28. The van der Waals surface area contributed by atoms with Crippen molar-refractivity contribution in [1.29, 1.82) is 5.26 Å². The second-order valence-electron chi connectivity index (χ2n) is 13.1. The molecule has 1 aliphatic carbocycles. The maximum absolute atomic E-state index is 13.4. The largest absolute Gasteiger partial charge is 0.336 e. The number of carbonyl (C=O) groups excluding carboxylic acids is 2. The predicted molar refractivity (Wildman–Crippen MR) is 186 cm³/mol. The molecule has 1 saturated heterocycles. The number of fused-ring (bicyclic) bond motifs is 2. The summed E-state index contributed by atoms with van der Waals surface area (Å²) in [7, 11) is 1.91. The Morgan fingerprint density at radius 2 is 1.81 bits per heavy atom. The number of hydrogen-bond donors (Lipinski definition) is 3. The highest BCUT2D eigenvalue weighted by Gasteiger charge is 2.36. The average Bonchev–Trinajstić information content (AvgIpc) is 3.43. The zero-order valence-electron chi connectivity index (χ0n) is 27.4. The second-order valence-corrected chi connectivity index (χ2v) is 13.5. The fourth-order valence-corrected chi connectivity index (χ4v) is 6.45. The summed E-state index contributed by atoms with van der Waals surface area (Å²) in [6, 6.07) is 17.5. The van der Waals surface area contributed by atoms with Gasteiger partial charge in [0.05, 0.1) is 47.6 Å². The summed E-state index contributed by atoms with van der Waals surface area (Å²) >= 11 is 6.69. The van der Waals surface area contributed by atoms with Crippen molar-refractivity contribution < 1.29 is 9.59 Å². The molecule has 2 aliphatic rings. The van der Waals surface area contributed by atoms with Crippen molar-refractivity contribution >= 4 is 41.0 Å². The van der Waals surface area contributed by atoms with E-state index in [0.717, 1.165) is 33.7 Å². The third kappa shape index (κ3) is 7.05. The van der Waals surface area contributed by atoms with Gasteiger partial charge in [0.25, 0.3) is 0 Å². The van der Waals surface area contributed by atoms with Crippen LogP contribution in [0, 0.1) is 11.3 Å². The number of benzene rings is 2. The molecule has 1 fully saturated rings. The molecule has 4 amide bonds. The molecule has 0 radical (unpaired) electrons. The molecule has 3 heterocycles. The van der Waals surface area contributed by atoms with Crippen molar-refractivity contribution in [2.24, 2.45) is 7.05 Å². The number of nitrogens with zero attached hydrogens (tertiary/aromatic N) is 6. The molecule has 1 aliphatic heterocycles. The molecule has 2 aromatic carbocycles. The molecule has 246 valence electrons. The van der Waals surface area contributed by atoms with Gasteiger partial charge in [0, 0.05) is 55.7 Å². The third-order valence-electron chi connectivity index (χ3n) is 8.52. The molecule has 0 bridgehead atoms. The summed E-state index contributed by atoms with van der Waals surface area (Å²) in [5, 5.41) is 18.9. The Hall–Kier alpha value is -5.18. The van der Waals surface area contributed by atoms with Crippen LogP contribution in [0.4, 0.5) is 15.3 Å². The number of piperazine rings is 1. The number of urea groups is 2. The smallest absolute Gasteiger partial charge is 0.321 e. The van der Waals surface area contributed by atoms with E-state index in [1.807, 2.05) is 62.7 Å². The van der Waals surface area contributed by atoms with E-state index in [9.17, 15) is 9.59 Å². The van der Waals surface area contributed by atoms with Crippen molar-refractivity contribution in [2.75, 3.05) is 31.5 Å². The first-order chi connectivity index (χ1) is 23.0. The van der Waals surface area contributed by atoms with E-state index < -0.39 is 11.6 Å². The lowest BCUT2D eigenvalue weighted by molar-refractivity contribution is 0.125. The van der Waals surface area contributed by atoms with E-state index in [-0.39, 0.29) is 18.1 Å². The Kier molecular flexibility index (Phi) is 9.22. The normalized spacial score (nSPS) is 16.8. The summed E-state index contributed by atoms with van der Waals surface area (Å²) < 4.78 is 1.90. The predicted octanol–water partition coefficient (Wildman–Crippen LogP) is 5.97.